The molecule has 0 saturated carbocycles. The highest BCUT2D eigenvalue weighted by Gasteiger charge is 2.66. The molecule has 3 aliphatic rings. The van der Waals surface area contributed by atoms with Gasteiger partial charge in [-0.05, 0) is 66.6 Å². The first-order valence-electron chi connectivity index (χ1n) is 14.5. The van der Waals surface area contributed by atoms with E-state index in [2.05, 4.69) is 72.5 Å². The quantitative estimate of drug-likeness (QED) is 0.179. The molecule has 216 valence electrons. The molecule has 0 bridgehead atoms. The summed E-state index contributed by atoms with van der Waals surface area (Å²) in [7, 11) is 4.10. The molecule has 0 aromatic heterocycles. The minimum atomic E-state index is -0.773. The Hall–Kier alpha value is -4.62. The summed E-state index contributed by atoms with van der Waals surface area (Å²) in [6.45, 7) is 1.99. The van der Waals surface area contributed by atoms with E-state index < -0.39 is 11.0 Å². The number of hydrogen-bond donors (Lipinski definition) is 0. The molecule has 0 radical (unpaired) electrons. The molecule has 7 nitrogen and oxygen atoms in total. The summed E-state index contributed by atoms with van der Waals surface area (Å²) >= 11 is 6.79. The normalized spacial score (nSPS) is 23.0. The van der Waals surface area contributed by atoms with Crippen LogP contribution in [0.4, 0.5) is 22.7 Å². The van der Waals surface area contributed by atoms with Gasteiger partial charge < -0.3 is 4.90 Å². The number of β-lactam (4-membered cyclic amide) rings is 1. The molecule has 43 heavy (non-hydrogen) atoms. The summed E-state index contributed by atoms with van der Waals surface area (Å²) in [5.41, 5.74) is 7.33. The van der Waals surface area contributed by atoms with Gasteiger partial charge in [0.2, 0.25) is 0 Å². The third-order valence-corrected chi connectivity index (χ3v) is 9.10. The van der Waals surface area contributed by atoms with E-state index in [0.717, 1.165) is 46.2 Å². The van der Waals surface area contributed by atoms with E-state index in [1.54, 1.807) is 0 Å². The van der Waals surface area contributed by atoms with Gasteiger partial charge in [0.1, 0.15) is 0 Å². The van der Waals surface area contributed by atoms with Crippen molar-refractivity contribution in [1.29, 1.82) is 0 Å². The van der Waals surface area contributed by atoms with Gasteiger partial charge in [-0.15, -0.1) is 11.6 Å². The first-order valence-corrected chi connectivity index (χ1v) is 15.0. The van der Waals surface area contributed by atoms with E-state index in [1.807, 2.05) is 77.5 Å². The number of benzene rings is 4. The molecule has 0 aliphatic carbocycles. The van der Waals surface area contributed by atoms with E-state index >= 15 is 0 Å². The van der Waals surface area contributed by atoms with E-state index in [0.29, 0.717) is 6.42 Å². The first kappa shape index (κ1) is 27.2. The second kappa shape index (κ2) is 10.6. The molecular weight excluding hydrogens is 556 g/mol. The molecule has 8 heteroatoms. The van der Waals surface area contributed by atoms with Crippen LogP contribution in [0.2, 0.25) is 0 Å². The fraction of sp³-hybridized carbons (Fsp3) is 0.229. The number of anilines is 4. The van der Waals surface area contributed by atoms with Crippen molar-refractivity contribution < 1.29 is 4.79 Å². The second-order valence-electron chi connectivity index (χ2n) is 11.6. The Kier molecular flexibility index (Phi) is 6.70. The Morgan fingerprint density at radius 3 is 2.05 bits per heavy atom. The number of rotatable bonds is 6. The number of para-hydroxylation sites is 2. The molecule has 4 aromatic rings. The van der Waals surface area contributed by atoms with E-state index in [4.69, 9.17) is 21.8 Å². The topological polar surface area (TPSA) is 54.8 Å². The van der Waals surface area contributed by atoms with Gasteiger partial charge in [0.05, 0.1) is 23.1 Å². The Labute approximate surface area is 257 Å². The van der Waals surface area contributed by atoms with Gasteiger partial charge in [-0.2, -0.15) is 10.2 Å². The van der Waals surface area contributed by atoms with Crippen LogP contribution in [-0.2, 0) is 4.79 Å². The standard InChI is InChI=1S/C35H33ClN6O/c1-24-23-35(42(37-24)30-12-8-5-9-13-30)33(36)34(43)40(35)28-20-14-25(15-21-28)31-22-32(26-16-18-27(19-17-26)39(2)3)41(38-31)29-10-6-4-7-11-29/h4-21,32-33H,22-23H2,1-3H3. The summed E-state index contributed by atoms with van der Waals surface area (Å²) in [6.07, 6.45) is 1.34. The molecule has 3 unspecified atom stereocenters. The van der Waals surface area contributed by atoms with Crippen molar-refractivity contribution in [2.45, 2.75) is 36.8 Å². The Morgan fingerprint density at radius 2 is 1.42 bits per heavy atom. The van der Waals surface area contributed by atoms with Crippen LogP contribution in [0.3, 0.4) is 0 Å². The third-order valence-electron chi connectivity index (χ3n) is 8.57. The Balaban J connectivity index is 1.19. The zero-order valence-electron chi connectivity index (χ0n) is 24.4. The predicted octanol–water partition coefficient (Wildman–Crippen LogP) is 7.04. The molecule has 4 aromatic carbocycles. The lowest BCUT2D eigenvalue weighted by Crippen LogP contribution is -2.78. The average Bonchev–Trinajstić information content (AvgIpc) is 3.65. The molecule has 1 fully saturated rings. The summed E-state index contributed by atoms with van der Waals surface area (Å²) in [5, 5.41) is 13.3. The maximum atomic E-state index is 13.3. The fourth-order valence-corrected chi connectivity index (χ4v) is 6.79. The van der Waals surface area contributed by atoms with Gasteiger partial charge in [-0.3, -0.25) is 14.7 Å². The van der Waals surface area contributed by atoms with Crippen LogP contribution in [0.25, 0.3) is 0 Å². The lowest BCUT2D eigenvalue weighted by atomic mass is 9.86. The number of hydrazone groups is 2. The zero-order chi connectivity index (χ0) is 29.7. The second-order valence-corrected chi connectivity index (χ2v) is 12.0. The summed E-state index contributed by atoms with van der Waals surface area (Å²) in [5.74, 6) is -0.116. The maximum Gasteiger partial charge on any atom is 0.251 e. The largest absolute Gasteiger partial charge is 0.378 e. The number of halogens is 1. The van der Waals surface area contributed by atoms with Crippen molar-refractivity contribution in [3.8, 4) is 0 Å². The molecule has 3 atom stereocenters. The highest BCUT2D eigenvalue weighted by Crippen LogP contribution is 2.50. The molecule has 3 heterocycles. The third kappa shape index (κ3) is 4.46. The SMILES string of the molecule is CC1=NN(c2ccccc2)C2(C1)C(Cl)C(=O)N2c1ccc(C2=NN(c3ccccc3)C(c3ccc(N(C)C)cc3)C2)cc1. The fourth-order valence-electron chi connectivity index (χ4n) is 6.43. The number of alkyl halides is 1. The monoisotopic (exact) mass is 588 g/mol. The molecule has 3 aliphatic heterocycles. The Morgan fingerprint density at radius 1 is 0.791 bits per heavy atom. The van der Waals surface area contributed by atoms with Crippen LogP contribution < -0.4 is 19.8 Å². The van der Waals surface area contributed by atoms with Gasteiger partial charge in [0.25, 0.3) is 5.91 Å². The van der Waals surface area contributed by atoms with Crippen LogP contribution in [0.5, 0.6) is 0 Å². The molecule has 1 saturated heterocycles. The van der Waals surface area contributed by atoms with Crippen molar-refractivity contribution >= 4 is 51.7 Å². The van der Waals surface area contributed by atoms with Gasteiger partial charge >= 0.3 is 0 Å². The molecule has 0 N–H and O–H groups in total. The van der Waals surface area contributed by atoms with Crippen molar-refractivity contribution in [2.24, 2.45) is 10.2 Å². The van der Waals surface area contributed by atoms with Crippen LogP contribution in [0.15, 0.2) is 119 Å². The number of carbonyl (C=O) groups excluding carboxylic acids is 1. The minimum Gasteiger partial charge on any atom is -0.378 e. The highest BCUT2D eigenvalue weighted by molar-refractivity contribution is 6.39. The summed E-state index contributed by atoms with van der Waals surface area (Å²) in [6, 6.07) is 37.1. The minimum absolute atomic E-state index is 0.0727. The summed E-state index contributed by atoms with van der Waals surface area (Å²) < 4.78 is 0. The smallest absolute Gasteiger partial charge is 0.251 e. The number of hydrogen-bond acceptors (Lipinski definition) is 6. The van der Waals surface area contributed by atoms with Crippen molar-refractivity contribution in [3.05, 3.63) is 120 Å². The number of nitrogens with zero attached hydrogens (tertiary/aromatic N) is 6. The Bertz CT molecular complexity index is 1710. The molecule has 1 spiro atoms. The number of amides is 1. The van der Waals surface area contributed by atoms with E-state index in [1.165, 1.54) is 5.56 Å². The van der Waals surface area contributed by atoms with Gasteiger partial charge in [0.15, 0.2) is 11.0 Å². The van der Waals surface area contributed by atoms with E-state index in [9.17, 15) is 4.79 Å². The first-order chi connectivity index (χ1) is 20.9. The lowest BCUT2D eigenvalue weighted by Gasteiger charge is -2.56. The average molecular weight is 589 g/mol. The maximum absolute atomic E-state index is 13.3. The van der Waals surface area contributed by atoms with Crippen LogP contribution >= 0.6 is 11.6 Å². The van der Waals surface area contributed by atoms with E-state index in [-0.39, 0.29) is 11.9 Å². The highest BCUT2D eigenvalue weighted by atomic mass is 35.5. The molecule has 1 amide bonds. The van der Waals surface area contributed by atoms with Crippen molar-refractivity contribution in [2.75, 3.05) is 33.9 Å². The van der Waals surface area contributed by atoms with Crippen LogP contribution in [0, 0.1) is 0 Å². The number of carbonyl (C=O) groups is 1. The predicted molar refractivity (Wildman–Crippen MR) is 177 cm³/mol. The van der Waals surface area contributed by atoms with Crippen LogP contribution in [0.1, 0.15) is 36.9 Å². The van der Waals surface area contributed by atoms with Gasteiger partial charge in [-0.1, -0.05) is 60.7 Å². The lowest BCUT2D eigenvalue weighted by molar-refractivity contribution is -0.126. The summed E-state index contributed by atoms with van der Waals surface area (Å²) in [4.78, 5) is 17.2. The van der Waals surface area contributed by atoms with Crippen LogP contribution in [-0.4, -0.2) is 42.5 Å². The van der Waals surface area contributed by atoms with Crippen molar-refractivity contribution in [1.82, 2.24) is 0 Å². The van der Waals surface area contributed by atoms with Crippen molar-refractivity contribution in [3.63, 3.8) is 0 Å². The molecule has 7 rings (SSSR count). The van der Waals surface area contributed by atoms with Gasteiger partial charge in [-0.25, -0.2) is 5.01 Å². The zero-order valence-corrected chi connectivity index (χ0v) is 25.2. The molecular formula is C35H33ClN6O. The van der Waals surface area contributed by atoms with Gasteiger partial charge in [0, 0.05) is 44.0 Å².